The third-order valence-corrected chi connectivity index (χ3v) is 20.7. The number of fused-ring (bicyclic) bond motifs is 4. The Morgan fingerprint density at radius 2 is 0.615 bits per heavy atom. The maximum Gasteiger partial charge on any atom is 0.237 e. The summed E-state index contributed by atoms with van der Waals surface area (Å²) >= 11 is 0. The molecule has 0 bridgehead atoms. The number of nitrogens with two attached hydrogens (primary N) is 2. The first-order valence-corrected chi connectivity index (χ1v) is 38.9. The molecule has 24 heteroatoms. The number of carbonyl (C=O) groups excluding carboxylic acids is 4. The van der Waals surface area contributed by atoms with Crippen molar-refractivity contribution in [3.05, 3.63) is 284 Å². The lowest BCUT2D eigenvalue weighted by Gasteiger charge is -2.25. The van der Waals surface area contributed by atoms with Gasteiger partial charge in [-0.05, 0) is 122 Å². The summed E-state index contributed by atoms with van der Waals surface area (Å²) in [6.45, 7) is 23.5. The van der Waals surface area contributed by atoms with Gasteiger partial charge >= 0.3 is 0 Å². The Morgan fingerprint density at radius 3 is 0.872 bits per heavy atom. The number of carbonyl (C=O) groups is 4. The molecule has 24 nitrogen and oxygen atoms in total. The number of para-hydroxylation sites is 4. The summed E-state index contributed by atoms with van der Waals surface area (Å²) in [7, 11) is 3.61. The van der Waals surface area contributed by atoms with Crippen LogP contribution in [0.2, 0.25) is 0 Å². The molecule has 4 aromatic heterocycles. The van der Waals surface area contributed by atoms with Crippen LogP contribution in [0.1, 0.15) is 123 Å². The van der Waals surface area contributed by atoms with E-state index in [1.54, 1.807) is 45.5 Å². The van der Waals surface area contributed by atoms with E-state index < -0.39 is 0 Å². The van der Waals surface area contributed by atoms with Crippen LogP contribution in [0.25, 0.3) is 45.6 Å². The molecule has 590 valence electrons. The van der Waals surface area contributed by atoms with Crippen LogP contribution in [-0.2, 0) is 44.9 Å². The standard InChI is InChI=1S/C27H31N5O.C23H23N5O.C22H20N4O.C21H20N6O/c1-5-15-31(16-6-2)25(28)24-21-17-23(33)32(22-10-8-7-9-19(22)4)27(21)30-26(29-24)20-13-11-18(3)12-14-20;1-14-9-11-16(12-10-14)22-25-20(21(24)27(3)4)17-13-19(29)28(23(17)26-22)18-8-6-5-7-15(18)2;1-13-8-10-16(11-9-13)21-24-20(15(3)23)17-12-19(27)26(22(17)25-21)18-7-5-4-6-14(18)2;1-12-7-9-14(10-8-12)20-24-18(19(22)26-23)15-11-17(28)27(21(15)25-20)16-6-4-3-5-13(16)2/h7-14,28H,5-6,15-17H2,1-4H3;5-12,24H,13H2,1-4H3;4-11,23H,12H2,1-3H3;3-10H,11,23H2,1-2H3,(H2,22,26). The molecule has 0 atom stereocenters. The van der Waals surface area contributed by atoms with E-state index in [1.165, 1.54) is 0 Å². The molecule has 4 aliphatic heterocycles. The second-order valence-electron chi connectivity index (χ2n) is 29.7. The van der Waals surface area contributed by atoms with Gasteiger partial charge in [0.25, 0.3) is 0 Å². The summed E-state index contributed by atoms with van der Waals surface area (Å²) in [6.07, 6.45) is 2.61. The summed E-state index contributed by atoms with van der Waals surface area (Å²) < 4.78 is 0. The lowest BCUT2D eigenvalue weighted by atomic mass is 10.1. The Hall–Kier alpha value is -14.2. The van der Waals surface area contributed by atoms with Crippen LogP contribution >= 0.6 is 0 Å². The van der Waals surface area contributed by atoms with Gasteiger partial charge in [-0.1, -0.05) is 206 Å². The predicted octanol–water partition coefficient (Wildman–Crippen LogP) is 16.2. The molecule has 0 saturated carbocycles. The Morgan fingerprint density at radius 1 is 0.368 bits per heavy atom. The SMILES string of the molecule is CC(=N)c1nc(-c2ccc(C)cc2)nc2c1CC(=O)N2c1ccccc1C.CCCN(CCC)C(=N)c1nc(-c2ccc(C)cc2)nc2c1CC(=O)N2c1ccccc1C.Cc1ccc(-c2nc(C(=N)N(C)C)c3c(n2)N(c2ccccc2C)C(=O)C3)cc1.Cc1ccc(-c2nc(C(N)=NN)c3c(n2)N(c2ccccc2C)C(=O)C3)cc1. The molecule has 16 rings (SSSR count). The Bertz CT molecular complexity index is 5920. The molecule has 0 spiro atoms. The van der Waals surface area contributed by atoms with Gasteiger partial charge in [0.15, 0.2) is 29.1 Å². The van der Waals surface area contributed by atoms with Gasteiger partial charge in [-0.2, -0.15) is 5.10 Å². The van der Waals surface area contributed by atoms with E-state index in [2.05, 4.69) is 33.8 Å². The lowest BCUT2D eigenvalue weighted by Crippen LogP contribution is -2.34. The van der Waals surface area contributed by atoms with Gasteiger partial charge in [0.05, 0.1) is 59.8 Å². The highest BCUT2D eigenvalue weighted by molar-refractivity contribution is 6.14. The normalized spacial score (nSPS) is 13.1. The lowest BCUT2D eigenvalue weighted by molar-refractivity contribution is -0.117. The molecule has 4 aliphatic rings. The first-order valence-electron chi connectivity index (χ1n) is 38.9. The number of hydrogen-bond acceptors (Lipinski definition) is 17. The zero-order valence-corrected chi connectivity index (χ0v) is 68.1. The first-order chi connectivity index (χ1) is 56.2. The third-order valence-electron chi connectivity index (χ3n) is 20.7. The van der Waals surface area contributed by atoms with Crippen molar-refractivity contribution in [2.75, 3.05) is 46.8 Å². The molecule has 12 aromatic rings. The van der Waals surface area contributed by atoms with Gasteiger partial charge in [0, 0.05) is 71.7 Å². The zero-order chi connectivity index (χ0) is 83.2. The fraction of sp³-hybridized carbons (Fsp3) is 0.226. The van der Waals surface area contributed by atoms with Gasteiger partial charge in [0.2, 0.25) is 23.6 Å². The van der Waals surface area contributed by atoms with Crippen LogP contribution in [0.3, 0.4) is 0 Å². The molecule has 0 saturated heterocycles. The van der Waals surface area contributed by atoms with Gasteiger partial charge in [0.1, 0.15) is 52.0 Å². The highest BCUT2D eigenvalue weighted by Gasteiger charge is 2.40. The molecule has 117 heavy (non-hydrogen) atoms. The van der Waals surface area contributed by atoms with E-state index in [0.29, 0.717) is 92.0 Å². The zero-order valence-electron chi connectivity index (χ0n) is 68.1. The van der Waals surface area contributed by atoms with Crippen LogP contribution in [-0.4, -0.2) is 124 Å². The summed E-state index contributed by atoms with van der Waals surface area (Å²) in [5.41, 5.74) is 26.4. The second kappa shape index (κ2) is 34.7. The number of rotatable bonds is 16. The highest BCUT2D eigenvalue weighted by Crippen LogP contribution is 2.44. The van der Waals surface area contributed by atoms with Crippen LogP contribution in [0, 0.1) is 71.6 Å². The van der Waals surface area contributed by atoms with Crippen LogP contribution in [0.5, 0.6) is 0 Å². The van der Waals surface area contributed by atoms with Crippen molar-refractivity contribution in [2.45, 2.75) is 115 Å². The van der Waals surface area contributed by atoms with Crippen molar-refractivity contribution in [3.63, 3.8) is 0 Å². The van der Waals surface area contributed by atoms with E-state index in [9.17, 15) is 19.2 Å². The summed E-state index contributed by atoms with van der Waals surface area (Å²) in [4.78, 5) is 100. The van der Waals surface area contributed by atoms with Gasteiger partial charge in [-0.15, -0.1) is 0 Å². The molecular formula is C93H94N20O4. The predicted molar refractivity (Wildman–Crippen MR) is 464 cm³/mol. The minimum atomic E-state index is -0.0919. The van der Waals surface area contributed by atoms with Crippen molar-refractivity contribution in [1.29, 1.82) is 16.2 Å². The van der Waals surface area contributed by atoms with Crippen molar-refractivity contribution in [1.82, 2.24) is 49.7 Å². The topological polar surface area (TPSA) is 327 Å². The molecular weight excluding hydrogens is 1460 g/mol. The van der Waals surface area contributed by atoms with E-state index in [4.69, 9.17) is 57.7 Å². The Kier molecular flexibility index (Phi) is 24.0. The number of benzene rings is 8. The Balaban J connectivity index is 0.000000136. The van der Waals surface area contributed by atoms with E-state index in [1.807, 2.05) is 250 Å². The second-order valence-corrected chi connectivity index (χ2v) is 29.7. The van der Waals surface area contributed by atoms with Gasteiger partial charge < -0.3 is 26.8 Å². The van der Waals surface area contributed by atoms with E-state index in [-0.39, 0.29) is 61.0 Å². The maximum atomic E-state index is 13.2. The average molecular weight is 1560 g/mol. The minimum Gasteiger partial charge on any atom is -0.380 e. The monoisotopic (exact) mass is 1550 g/mol. The van der Waals surface area contributed by atoms with Crippen molar-refractivity contribution in [3.8, 4) is 45.6 Å². The smallest absolute Gasteiger partial charge is 0.237 e. The number of nitrogens with zero attached hydrogens (tertiary/aromatic N) is 15. The third kappa shape index (κ3) is 16.8. The first kappa shape index (κ1) is 80.9. The van der Waals surface area contributed by atoms with E-state index >= 15 is 0 Å². The Labute approximate surface area is 681 Å². The van der Waals surface area contributed by atoms with Gasteiger partial charge in [-0.25, -0.2) is 39.9 Å². The summed E-state index contributed by atoms with van der Waals surface area (Å²) in [6, 6.07) is 62.8. The maximum absolute atomic E-state index is 13.2. The number of hydrogen-bond donors (Lipinski definition) is 5. The molecule has 0 radical (unpaired) electrons. The van der Waals surface area contributed by atoms with Crippen molar-refractivity contribution < 1.29 is 19.2 Å². The minimum absolute atomic E-state index is 0.0405. The van der Waals surface area contributed by atoms with Crippen LogP contribution in [0.4, 0.5) is 46.0 Å². The van der Waals surface area contributed by atoms with E-state index in [0.717, 1.165) is 127 Å². The molecule has 8 heterocycles. The average Bonchev–Trinajstić information content (AvgIpc) is 1.64. The summed E-state index contributed by atoms with van der Waals surface area (Å²) in [5, 5.41) is 29.3. The molecule has 4 amide bonds. The summed E-state index contributed by atoms with van der Waals surface area (Å²) in [5.74, 6) is 10.2. The molecule has 0 aliphatic carbocycles. The number of aryl methyl sites for hydroxylation is 8. The fourth-order valence-electron chi connectivity index (χ4n) is 14.5. The molecule has 8 aromatic carbocycles. The van der Waals surface area contributed by atoms with Crippen molar-refractivity contribution >= 4 is 92.9 Å². The number of nitrogens with one attached hydrogen (secondary N) is 3. The number of aromatic nitrogens is 8. The number of hydrazone groups is 1. The molecule has 7 N–H and O–H groups in total. The molecule has 0 unspecified atom stereocenters. The quantitative estimate of drug-likeness (QED) is 0.0260. The molecule has 0 fully saturated rings. The largest absolute Gasteiger partial charge is 0.380 e. The van der Waals surface area contributed by atoms with Crippen molar-refractivity contribution in [2.24, 2.45) is 16.7 Å². The number of amidine groups is 3. The van der Waals surface area contributed by atoms with Crippen LogP contribution in [0.15, 0.2) is 199 Å². The van der Waals surface area contributed by atoms with Crippen LogP contribution < -0.4 is 31.2 Å². The fourth-order valence-corrected chi connectivity index (χ4v) is 14.5. The number of anilines is 8. The number of amides is 4. The highest BCUT2D eigenvalue weighted by atomic mass is 16.2. The van der Waals surface area contributed by atoms with Gasteiger partial charge in [-0.3, -0.25) is 49.6 Å².